The molecule has 1 N–H and O–H groups in total. The molecule has 7 nitrogen and oxygen atoms in total. The Balaban J connectivity index is 2.08. The molecule has 0 saturated carbocycles. The first-order valence-corrected chi connectivity index (χ1v) is 6.55. The monoisotopic (exact) mass is 291 g/mol. The maximum absolute atomic E-state index is 10.8. The lowest BCUT2D eigenvalue weighted by Gasteiger charge is -2.13. The van der Waals surface area contributed by atoms with Crippen LogP contribution in [-0.2, 0) is 13.5 Å². The number of nitro groups is 1. The minimum atomic E-state index is -0.836. The summed E-state index contributed by atoms with van der Waals surface area (Å²) >= 11 is 0. The second-order valence-electron chi connectivity index (χ2n) is 4.70. The van der Waals surface area contributed by atoms with Crippen molar-refractivity contribution >= 4 is 5.69 Å². The maximum atomic E-state index is 10.8. The molecule has 7 heteroatoms. The lowest BCUT2D eigenvalue weighted by molar-refractivity contribution is -0.385. The summed E-state index contributed by atoms with van der Waals surface area (Å²) in [7, 11) is 1.85. The topological polar surface area (TPSA) is 90.4 Å². The van der Waals surface area contributed by atoms with Crippen LogP contribution in [0.1, 0.15) is 24.3 Å². The van der Waals surface area contributed by atoms with Crippen LogP contribution in [0.4, 0.5) is 5.69 Å². The zero-order valence-electron chi connectivity index (χ0n) is 11.9. The molecule has 0 aliphatic rings. The fourth-order valence-corrected chi connectivity index (χ4v) is 2.02. The predicted molar refractivity (Wildman–Crippen MR) is 76.1 cm³/mol. The maximum Gasteiger partial charge on any atom is 0.270 e. The van der Waals surface area contributed by atoms with Crippen molar-refractivity contribution < 1.29 is 14.8 Å². The van der Waals surface area contributed by atoms with Gasteiger partial charge in [-0.15, -0.1) is 0 Å². The van der Waals surface area contributed by atoms with Gasteiger partial charge in [0.1, 0.15) is 5.75 Å². The van der Waals surface area contributed by atoms with E-state index in [0.29, 0.717) is 24.3 Å². The average Bonchev–Trinajstić information content (AvgIpc) is 2.84. The molecule has 0 aliphatic carbocycles. The Hall–Kier alpha value is -2.41. The molecule has 0 spiro atoms. The van der Waals surface area contributed by atoms with Crippen molar-refractivity contribution in [2.24, 2.45) is 7.05 Å². The zero-order chi connectivity index (χ0) is 15.4. The summed E-state index contributed by atoms with van der Waals surface area (Å²) in [5, 5.41) is 24.6. The van der Waals surface area contributed by atoms with Crippen LogP contribution in [0.3, 0.4) is 0 Å². The third-order valence-electron chi connectivity index (χ3n) is 3.19. The largest absolute Gasteiger partial charge is 0.493 e. The number of aliphatic hydroxyl groups excluding tert-OH is 1. The van der Waals surface area contributed by atoms with Crippen LogP contribution >= 0.6 is 0 Å². The molecule has 0 radical (unpaired) electrons. The molecule has 0 amide bonds. The molecule has 1 unspecified atom stereocenters. The number of rotatable bonds is 6. The van der Waals surface area contributed by atoms with Crippen LogP contribution in [0.5, 0.6) is 5.75 Å². The van der Waals surface area contributed by atoms with E-state index in [1.807, 2.05) is 13.1 Å². The number of non-ortho nitro benzene ring substituents is 1. The minimum Gasteiger partial charge on any atom is -0.493 e. The van der Waals surface area contributed by atoms with E-state index in [4.69, 9.17) is 4.74 Å². The van der Waals surface area contributed by atoms with Gasteiger partial charge < -0.3 is 9.84 Å². The Kier molecular flexibility index (Phi) is 4.54. The quantitative estimate of drug-likeness (QED) is 0.649. The Labute approximate surface area is 121 Å². The van der Waals surface area contributed by atoms with E-state index < -0.39 is 11.0 Å². The number of nitrogens with zero attached hydrogens (tertiary/aromatic N) is 3. The predicted octanol–water partition coefficient (Wildman–Crippen LogP) is 2.00. The highest BCUT2D eigenvalue weighted by Crippen LogP contribution is 2.29. The number of nitro benzene ring substituents is 1. The number of aromatic nitrogens is 2. The van der Waals surface area contributed by atoms with Crippen molar-refractivity contribution in [2.75, 3.05) is 6.61 Å². The second-order valence-corrected chi connectivity index (χ2v) is 4.70. The number of aliphatic hydroxyl groups is 1. The first-order chi connectivity index (χ1) is 9.99. The highest BCUT2D eigenvalue weighted by Gasteiger charge is 2.15. The molecule has 0 saturated heterocycles. The van der Waals surface area contributed by atoms with Gasteiger partial charge in [-0.25, -0.2) is 0 Å². The van der Waals surface area contributed by atoms with Crippen molar-refractivity contribution in [3.63, 3.8) is 0 Å². The highest BCUT2D eigenvalue weighted by molar-refractivity contribution is 5.44. The fraction of sp³-hybridized carbons (Fsp3) is 0.357. The smallest absolute Gasteiger partial charge is 0.270 e. The summed E-state index contributed by atoms with van der Waals surface area (Å²) < 4.78 is 7.40. The van der Waals surface area contributed by atoms with Gasteiger partial charge in [0.05, 0.1) is 17.6 Å². The molecule has 112 valence electrons. The summed E-state index contributed by atoms with van der Waals surface area (Å²) in [4.78, 5) is 10.3. The van der Waals surface area contributed by atoms with Gasteiger partial charge in [0.15, 0.2) is 0 Å². The van der Waals surface area contributed by atoms with Gasteiger partial charge >= 0.3 is 0 Å². The van der Waals surface area contributed by atoms with Gasteiger partial charge in [0.25, 0.3) is 5.69 Å². The number of aryl methyl sites for hydroxylation is 1. The Bertz CT molecular complexity index is 637. The molecular formula is C14H17N3O4. The van der Waals surface area contributed by atoms with Crippen molar-refractivity contribution in [1.29, 1.82) is 0 Å². The molecule has 1 aromatic carbocycles. The van der Waals surface area contributed by atoms with Gasteiger partial charge in [-0.3, -0.25) is 14.8 Å². The van der Waals surface area contributed by atoms with Crippen LogP contribution in [0.2, 0.25) is 0 Å². The molecule has 21 heavy (non-hydrogen) atoms. The SMILES string of the molecule is CC(O)c1cc([N+](=O)[O-])ccc1OCCc1ccnn1C. The number of hydrogen-bond acceptors (Lipinski definition) is 5. The summed E-state index contributed by atoms with van der Waals surface area (Å²) in [6.07, 6.45) is 1.53. The van der Waals surface area contributed by atoms with Crippen molar-refractivity contribution in [3.05, 3.63) is 51.8 Å². The fourth-order valence-electron chi connectivity index (χ4n) is 2.02. The molecule has 2 rings (SSSR count). The number of ether oxygens (including phenoxy) is 1. The summed E-state index contributed by atoms with van der Waals surface area (Å²) in [6.45, 7) is 1.95. The van der Waals surface area contributed by atoms with Gasteiger partial charge in [0.2, 0.25) is 0 Å². The van der Waals surface area contributed by atoms with Gasteiger partial charge in [-0.05, 0) is 19.1 Å². The minimum absolute atomic E-state index is 0.0649. The molecule has 0 fully saturated rings. The van der Waals surface area contributed by atoms with Crippen molar-refractivity contribution in [3.8, 4) is 5.75 Å². The van der Waals surface area contributed by atoms with Crippen LogP contribution in [0.15, 0.2) is 30.5 Å². The van der Waals surface area contributed by atoms with E-state index in [1.165, 1.54) is 18.2 Å². The molecule has 1 heterocycles. The van der Waals surface area contributed by atoms with Crippen LogP contribution < -0.4 is 4.74 Å². The van der Waals surface area contributed by atoms with E-state index in [1.54, 1.807) is 17.8 Å². The molecule has 1 atom stereocenters. The summed E-state index contributed by atoms with van der Waals surface area (Å²) in [5.41, 5.74) is 1.37. The molecular weight excluding hydrogens is 274 g/mol. The second kappa shape index (κ2) is 6.36. The van der Waals surface area contributed by atoms with Crippen LogP contribution in [0, 0.1) is 10.1 Å². The zero-order valence-corrected chi connectivity index (χ0v) is 11.9. The van der Waals surface area contributed by atoms with E-state index in [2.05, 4.69) is 5.10 Å². The standard InChI is InChI=1S/C14H17N3O4/c1-10(18)13-9-12(17(19)20)3-4-14(13)21-8-6-11-5-7-15-16(11)2/h3-5,7,9-10,18H,6,8H2,1-2H3. The normalized spacial score (nSPS) is 12.1. The van der Waals surface area contributed by atoms with Gasteiger partial charge in [-0.1, -0.05) is 0 Å². The molecule has 0 bridgehead atoms. The van der Waals surface area contributed by atoms with Crippen LogP contribution in [0.25, 0.3) is 0 Å². The first kappa shape index (κ1) is 15.0. The molecule has 1 aromatic heterocycles. The summed E-state index contributed by atoms with van der Waals surface area (Å²) in [6, 6.07) is 6.12. The first-order valence-electron chi connectivity index (χ1n) is 6.55. The Morgan fingerprint density at radius 2 is 2.24 bits per heavy atom. The lowest BCUT2D eigenvalue weighted by atomic mass is 10.1. The molecule has 2 aromatic rings. The van der Waals surface area contributed by atoms with E-state index in [0.717, 1.165) is 5.69 Å². The lowest BCUT2D eigenvalue weighted by Crippen LogP contribution is -2.08. The number of hydrogen-bond donors (Lipinski definition) is 1. The summed E-state index contributed by atoms with van der Waals surface area (Å²) in [5.74, 6) is 0.456. The highest BCUT2D eigenvalue weighted by atomic mass is 16.6. The average molecular weight is 291 g/mol. The van der Waals surface area contributed by atoms with Crippen molar-refractivity contribution in [1.82, 2.24) is 9.78 Å². The van der Waals surface area contributed by atoms with Gasteiger partial charge in [0, 0.05) is 43.1 Å². The number of benzene rings is 1. The third-order valence-corrected chi connectivity index (χ3v) is 3.19. The van der Waals surface area contributed by atoms with Gasteiger partial charge in [-0.2, -0.15) is 5.10 Å². The van der Waals surface area contributed by atoms with E-state index >= 15 is 0 Å². The van der Waals surface area contributed by atoms with Crippen LogP contribution in [-0.4, -0.2) is 26.4 Å². The Morgan fingerprint density at radius 1 is 1.48 bits per heavy atom. The Morgan fingerprint density at radius 3 is 2.81 bits per heavy atom. The molecule has 0 aliphatic heterocycles. The third kappa shape index (κ3) is 3.57. The van der Waals surface area contributed by atoms with Crippen molar-refractivity contribution in [2.45, 2.75) is 19.4 Å². The van der Waals surface area contributed by atoms with E-state index in [9.17, 15) is 15.2 Å². The van der Waals surface area contributed by atoms with E-state index in [-0.39, 0.29) is 5.69 Å².